The number of nitrogens with one attached hydrogen (secondary N) is 1. The quantitative estimate of drug-likeness (QED) is 0.865. The zero-order valence-electron chi connectivity index (χ0n) is 16.2. The second-order valence-corrected chi connectivity index (χ2v) is 8.45. The van der Waals surface area contributed by atoms with E-state index in [1.54, 1.807) is 0 Å². The molecule has 1 saturated heterocycles. The van der Waals surface area contributed by atoms with Gasteiger partial charge in [0.15, 0.2) is 0 Å². The van der Waals surface area contributed by atoms with Crippen LogP contribution in [0.15, 0.2) is 30.3 Å². The van der Waals surface area contributed by atoms with Crippen LogP contribution < -0.4 is 0 Å². The van der Waals surface area contributed by atoms with Gasteiger partial charge in [-0.2, -0.15) is 5.10 Å². The Morgan fingerprint density at radius 3 is 2.40 bits per heavy atom. The van der Waals surface area contributed by atoms with Crippen LogP contribution in [-0.4, -0.2) is 40.1 Å². The van der Waals surface area contributed by atoms with E-state index in [0.717, 1.165) is 25.3 Å². The molecule has 0 aliphatic carbocycles. The van der Waals surface area contributed by atoms with Crippen molar-refractivity contribution in [2.24, 2.45) is 0 Å². The van der Waals surface area contributed by atoms with E-state index < -0.39 is 0 Å². The predicted octanol–water partition coefficient (Wildman–Crippen LogP) is 3.94. The summed E-state index contributed by atoms with van der Waals surface area (Å²) in [5.74, 6) is 0. The third kappa shape index (κ3) is 4.93. The third-order valence-electron chi connectivity index (χ3n) is 4.99. The molecule has 1 aliphatic heterocycles. The largest absolute Gasteiger partial charge is 0.299 e. The summed E-state index contributed by atoms with van der Waals surface area (Å²) in [5.41, 5.74) is 5.31. The van der Waals surface area contributed by atoms with Gasteiger partial charge in [-0.25, -0.2) is 0 Å². The predicted molar refractivity (Wildman–Crippen MR) is 103 cm³/mol. The lowest BCUT2D eigenvalue weighted by molar-refractivity contribution is 0.304. The van der Waals surface area contributed by atoms with Crippen LogP contribution in [0.25, 0.3) is 0 Å². The average Bonchev–Trinajstić information content (AvgIpc) is 3.20. The first-order chi connectivity index (χ1) is 11.9. The fraction of sp³-hybridized carbons (Fsp3) is 0.571. The number of hydrogen-bond donors (Lipinski definition) is 1. The summed E-state index contributed by atoms with van der Waals surface area (Å²) < 4.78 is 0. The highest BCUT2D eigenvalue weighted by Crippen LogP contribution is 2.21. The molecule has 136 valence electrons. The van der Waals surface area contributed by atoms with Gasteiger partial charge in [0.25, 0.3) is 0 Å². The zero-order chi connectivity index (χ0) is 17.9. The van der Waals surface area contributed by atoms with Crippen molar-refractivity contribution in [2.45, 2.75) is 58.7 Å². The molecule has 1 aliphatic rings. The van der Waals surface area contributed by atoms with Crippen LogP contribution in [0.5, 0.6) is 0 Å². The Kier molecular flexibility index (Phi) is 5.60. The number of benzene rings is 1. The van der Waals surface area contributed by atoms with Crippen LogP contribution in [0.4, 0.5) is 0 Å². The molecule has 0 spiro atoms. The number of hydrogen-bond acceptors (Lipinski definition) is 3. The topological polar surface area (TPSA) is 35.2 Å². The second kappa shape index (κ2) is 7.71. The summed E-state index contributed by atoms with van der Waals surface area (Å²) in [6.07, 6.45) is 2.69. The second-order valence-electron chi connectivity index (χ2n) is 8.45. The number of aromatic nitrogens is 2. The summed E-state index contributed by atoms with van der Waals surface area (Å²) in [6.45, 7) is 12.0. The molecular formula is C21H32N4. The molecule has 3 rings (SSSR count). The summed E-state index contributed by atoms with van der Waals surface area (Å²) in [4.78, 5) is 4.94. The van der Waals surface area contributed by atoms with Gasteiger partial charge in [-0.1, -0.05) is 45.0 Å². The lowest BCUT2D eigenvalue weighted by Gasteiger charge is -2.21. The number of rotatable bonds is 6. The van der Waals surface area contributed by atoms with Gasteiger partial charge < -0.3 is 0 Å². The lowest BCUT2D eigenvalue weighted by Crippen LogP contribution is -2.22. The molecular weight excluding hydrogens is 308 g/mol. The van der Waals surface area contributed by atoms with E-state index in [4.69, 9.17) is 0 Å². The number of likely N-dealkylation sites (tertiary alicyclic amines) is 1. The van der Waals surface area contributed by atoms with Crippen LogP contribution >= 0.6 is 0 Å². The lowest BCUT2D eigenvalue weighted by atomic mass is 9.92. The van der Waals surface area contributed by atoms with Gasteiger partial charge in [-0.3, -0.25) is 14.9 Å². The van der Waals surface area contributed by atoms with E-state index >= 15 is 0 Å². The average molecular weight is 341 g/mol. The minimum absolute atomic E-state index is 0.0929. The molecule has 2 aromatic rings. The van der Waals surface area contributed by atoms with E-state index in [1.807, 2.05) is 0 Å². The molecule has 0 saturated carbocycles. The molecule has 1 aromatic carbocycles. The highest BCUT2D eigenvalue weighted by molar-refractivity contribution is 5.27. The normalized spacial score (nSPS) is 16.0. The molecule has 4 heteroatoms. The first kappa shape index (κ1) is 18.2. The van der Waals surface area contributed by atoms with E-state index in [9.17, 15) is 0 Å². The first-order valence-electron chi connectivity index (χ1n) is 9.44. The molecule has 1 fully saturated rings. The Bertz CT molecular complexity index is 677. The highest BCUT2D eigenvalue weighted by atomic mass is 15.2. The van der Waals surface area contributed by atoms with Crippen LogP contribution in [0.2, 0.25) is 0 Å². The molecule has 1 N–H and O–H groups in total. The summed E-state index contributed by atoms with van der Waals surface area (Å²) in [6, 6.07) is 11.1. The minimum Gasteiger partial charge on any atom is -0.299 e. The van der Waals surface area contributed by atoms with Crippen molar-refractivity contribution in [1.82, 2.24) is 20.0 Å². The van der Waals surface area contributed by atoms with Crippen molar-refractivity contribution in [3.63, 3.8) is 0 Å². The summed E-state index contributed by atoms with van der Waals surface area (Å²) in [7, 11) is 2.18. The van der Waals surface area contributed by atoms with Gasteiger partial charge in [0.2, 0.25) is 0 Å². The van der Waals surface area contributed by atoms with Crippen molar-refractivity contribution in [1.29, 1.82) is 0 Å². The molecule has 2 heterocycles. The van der Waals surface area contributed by atoms with E-state index in [1.165, 1.54) is 42.8 Å². The van der Waals surface area contributed by atoms with Crippen LogP contribution in [0.1, 0.15) is 56.1 Å². The Hall–Kier alpha value is -1.65. The fourth-order valence-corrected chi connectivity index (χ4v) is 3.51. The molecule has 0 bridgehead atoms. The van der Waals surface area contributed by atoms with Crippen LogP contribution in [-0.2, 0) is 25.0 Å². The third-order valence-corrected chi connectivity index (χ3v) is 4.99. The Morgan fingerprint density at radius 2 is 1.76 bits per heavy atom. The standard InChI is InChI=1S/C21H32N4/c1-21(2,3)20-13-19(22-23-20)16-24(4)14-17-9-5-6-10-18(17)15-25-11-7-8-12-25/h5-6,9-10,13H,7-8,11-12,14-16H2,1-4H3,(H,22,23). The van der Waals surface area contributed by atoms with Crippen molar-refractivity contribution in [3.8, 4) is 0 Å². The highest BCUT2D eigenvalue weighted by Gasteiger charge is 2.18. The summed E-state index contributed by atoms with van der Waals surface area (Å²) in [5, 5.41) is 7.68. The molecule has 0 unspecified atom stereocenters. The van der Waals surface area contributed by atoms with E-state index in [-0.39, 0.29) is 5.41 Å². The molecule has 4 nitrogen and oxygen atoms in total. The van der Waals surface area contributed by atoms with Crippen LogP contribution in [0.3, 0.4) is 0 Å². The number of aromatic amines is 1. The van der Waals surface area contributed by atoms with Gasteiger partial charge >= 0.3 is 0 Å². The molecule has 1 aromatic heterocycles. The van der Waals surface area contributed by atoms with E-state index in [0.29, 0.717) is 0 Å². The maximum atomic E-state index is 4.48. The first-order valence-corrected chi connectivity index (χ1v) is 9.44. The zero-order valence-corrected chi connectivity index (χ0v) is 16.2. The Morgan fingerprint density at radius 1 is 1.08 bits per heavy atom. The molecule has 0 radical (unpaired) electrons. The van der Waals surface area contributed by atoms with Crippen molar-refractivity contribution in [3.05, 3.63) is 52.8 Å². The SMILES string of the molecule is CN(Cc1cc(C(C)(C)C)n[nH]1)Cc1ccccc1CN1CCCC1. The maximum absolute atomic E-state index is 4.48. The molecule has 0 atom stereocenters. The van der Waals surface area contributed by atoms with E-state index in [2.05, 4.69) is 78.1 Å². The monoisotopic (exact) mass is 340 g/mol. The minimum atomic E-state index is 0.0929. The number of H-pyrrole nitrogens is 1. The van der Waals surface area contributed by atoms with Gasteiger partial charge in [0.1, 0.15) is 0 Å². The van der Waals surface area contributed by atoms with Gasteiger partial charge in [-0.15, -0.1) is 0 Å². The van der Waals surface area contributed by atoms with Crippen molar-refractivity contribution in [2.75, 3.05) is 20.1 Å². The number of nitrogens with zero attached hydrogens (tertiary/aromatic N) is 3. The van der Waals surface area contributed by atoms with Crippen LogP contribution in [0, 0.1) is 0 Å². The summed E-state index contributed by atoms with van der Waals surface area (Å²) >= 11 is 0. The van der Waals surface area contributed by atoms with Gasteiger partial charge in [0.05, 0.1) is 5.69 Å². The Labute approximate surface area is 152 Å². The van der Waals surface area contributed by atoms with Gasteiger partial charge in [0, 0.05) is 30.7 Å². The van der Waals surface area contributed by atoms with Crippen molar-refractivity contribution >= 4 is 0 Å². The maximum Gasteiger partial charge on any atom is 0.0678 e. The smallest absolute Gasteiger partial charge is 0.0678 e. The fourth-order valence-electron chi connectivity index (χ4n) is 3.51. The molecule has 25 heavy (non-hydrogen) atoms. The molecule has 0 amide bonds. The van der Waals surface area contributed by atoms with Crippen molar-refractivity contribution < 1.29 is 0 Å². The Balaban J connectivity index is 1.62. The van der Waals surface area contributed by atoms with Gasteiger partial charge in [-0.05, 0) is 50.2 Å².